The topological polar surface area (TPSA) is 92.2 Å². The van der Waals surface area contributed by atoms with E-state index in [1.165, 1.54) is 37.0 Å². The van der Waals surface area contributed by atoms with Crippen molar-refractivity contribution in [3.63, 3.8) is 0 Å². The summed E-state index contributed by atoms with van der Waals surface area (Å²) >= 11 is 1.42. The summed E-state index contributed by atoms with van der Waals surface area (Å²) in [5.74, 6) is -1.43. The number of amides is 1. The van der Waals surface area contributed by atoms with Gasteiger partial charge < -0.3 is 10.4 Å². The average molecular weight is 337 g/mol. The van der Waals surface area contributed by atoms with Gasteiger partial charge in [-0.1, -0.05) is 49.9 Å². The van der Waals surface area contributed by atoms with Gasteiger partial charge in [0.15, 0.2) is 0 Å². The highest BCUT2D eigenvalue weighted by Gasteiger charge is 2.36. The average Bonchev–Trinajstić information content (AvgIpc) is 3.20. The fourth-order valence-electron chi connectivity index (χ4n) is 3.79. The van der Waals surface area contributed by atoms with Crippen molar-refractivity contribution in [2.24, 2.45) is 17.8 Å². The third-order valence-corrected chi connectivity index (χ3v) is 5.92. The lowest BCUT2D eigenvalue weighted by Crippen LogP contribution is -2.36. The highest BCUT2D eigenvalue weighted by atomic mass is 32.1. The second-order valence-electron chi connectivity index (χ2n) is 6.68. The maximum atomic E-state index is 12.4. The van der Waals surface area contributed by atoms with Crippen molar-refractivity contribution < 1.29 is 14.7 Å². The summed E-state index contributed by atoms with van der Waals surface area (Å²) in [7, 11) is 0. The molecule has 0 spiro atoms. The molecule has 7 heteroatoms. The van der Waals surface area contributed by atoms with Crippen LogP contribution in [0.3, 0.4) is 0 Å². The minimum Gasteiger partial charge on any atom is -0.481 e. The predicted octanol–water partition coefficient (Wildman–Crippen LogP) is 3.10. The first-order chi connectivity index (χ1) is 11.1. The van der Waals surface area contributed by atoms with Crippen molar-refractivity contribution in [2.75, 3.05) is 5.32 Å². The Morgan fingerprint density at radius 3 is 2.39 bits per heavy atom. The SMILES string of the molecule is O=C(O)C1CCCCC1C(=O)Nc1nnc(CC2CCCC2)s1. The smallest absolute Gasteiger partial charge is 0.307 e. The number of nitrogens with one attached hydrogen (secondary N) is 1. The quantitative estimate of drug-likeness (QED) is 0.861. The molecular formula is C16H23N3O3S. The lowest BCUT2D eigenvalue weighted by Gasteiger charge is -2.26. The van der Waals surface area contributed by atoms with E-state index in [-0.39, 0.29) is 5.91 Å². The Bertz CT molecular complexity index is 569. The first kappa shape index (κ1) is 16.4. The molecule has 2 unspecified atom stereocenters. The predicted molar refractivity (Wildman–Crippen MR) is 87.3 cm³/mol. The van der Waals surface area contributed by atoms with Crippen LogP contribution in [0, 0.1) is 17.8 Å². The molecule has 2 fully saturated rings. The summed E-state index contributed by atoms with van der Waals surface area (Å²) in [6.07, 6.45) is 9.04. The van der Waals surface area contributed by atoms with E-state index in [1.54, 1.807) is 0 Å². The Kier molecular flexibility index (Phi) is 5.25. The van der Waals surface area contributed by atoms with Crippen molar-refractivity contribution in [3.05, 3.63) is 5.01 Å². The van der Waals surface area contributed by atoms with E-state index in [2.05, 4.69) is 15.5 Å². The third-order valence-electron chi connectivity index (χ3n) is 5.05. The number of carbonyl (C=O) groups excluding carboxylic acids is 1. The molecule has 1 heterocycles. The van der Waals surface area contributed by atoms with Crippen LogP contribution in [0.2, 0.25) is 0 Å². The van der Waals surface area contributed by atoms with Crippen LogP contribution >= 0.6 is 11.3 Å². The molecule has 23 heavy (non-hydrogen) atoms. The molecule has 3 rings (SSSR count). The van der Waals surface area contributed by atoms with Gasteiger partial charge in [-0.25, -0.2) is 0 Å². The van der Waals surface area contributed by atoms with Crippen LogP contribution in [0.5, 0.6) is 0 Å². The van der Waals surface area contributed by atoms with Crippen molar-refractivity contribution in [2.45, 2.75) is 57.8 Å². The summed E-state index contributed by atoms with van der Waals surface area (Å²) in [6.45, 7) is 0. The number of hydrogen-bond acceptors (Lipinski definition) is 5. The Morgan fingerprint density at radius 1 is 1.04 bits per heavy atom. The van der Waals surface area contributed by atoms with E-state index >= 15 is 0 Å². The van der Waals surface area contributed by atoms with Crippen LogP contribution in [0.1, 0.15) is 56.4 Å². The molecule has 0 saturated heterocycles. The Labute approximate surface area is 139 Å². The van der Waals surface area contributed by atoms with Crippen LogP contribution < -0.4 is 5.32 Å². The van der Waals surface area contributed by atoms with Crippen LogP contribution in [-0.2, 0) is 16.0 Å². The number of hydrogen-bond donors (Lipinski definition) is 2. The zero-order valence-corrected chi connectivity index (χ0v) is 14.0. The first-order valence-corrected chi connectivity index (χ1v) is 9.31. The van der Waals surface area contributed by atoms with E-state index in [0.717, 1.165) is 24.3 Å². The standard InChI is InChI=1S/C16H23N3O3S/c20-14(11-7-3-4-8-12(11)15(21)22)17-16-19-18-13(23-16)9-10-5-1-2-6-10/h10-12H,1-9H2,(H,21,22)(H,17,19,20). The van der Waals surface area contributed by atoms with E-state index in [1.807, 2.05) is 0 Å². The highest BCUT2D eigenvalue weighted by molar-refractivity contribution is 7.15. The molecule has 1 aromatic heterocycles. The number of aromatic nitrogens is 2. The van der Waals surface area contributed by atoms with Gasteiger partial charge in [0.05, 0.1) is 11.8 Å². The van der Waals surface area contributed by atoms with Gasteiger partial charge in [0.2, 0.25) is 11.0 Å². The highest BCUT2D eigenvalue weighted by Crippen LogP contribution is 2.32. The summed E-state index contributed by atoms with van der Waals surface area (Å²) in [6, 6.07) is 0. The molecule has 2 aliphatic carbocycles. The van der Waals surface area contributed by atoms with Crippen molar-refractivity contribution in [1.82, 2.24) is 10.2 Å². The molecule has 1 aromatic rings. The minimum absolute atomic E-state index is 0.222. The number of carboxylic acids is 1. The lowest BCUT2D eigenvalue weighted by molar-refractivity contribution is -0.147. The molecule has 0 aliphatic heterocycles. The first-order valence-electron chi connectivity index (χ1n) is 8.49. The molecule has 2 N–H and O–H groups in total. The number of anilines is 1. The summed E-state index contributed by atoms with van der Waals surface area (Å²) < 4.78 is 0. The molecular weight excluding hydrogens is 314 g/mol. The fraction of sp³-hybridized carbons (Fsp3) is 0.750. The maximum absolute atomic E-state index is 12.4. The van der Waals surface area contributed by atoms with Crippen molar-refractivity contribution in [3.8, 4) is 0 Å². The van der Waals surface area contributed by atoms with Crippen molar-refractivity contribution in [1.29, 1.82) is 0 Å². The number of carbonyl (C=O) groups is 2. The summed E-state index contributed by atoms with van der Waals surface area (Å²) in [5, 5.41) is 21.7. The van der Waals surface area contributed by atoms with E-state index in [9.17, 15) is 14.7 Å². The van der Waals surface area contributed by atoms with Gasteiger partial charge in [-0.15, -0.1) is 10.2 Å². The molecule has 126 valence electrons. The van der Waals surface area contributed by atoms with Gasteiger partial charge in [0.25, 0.3) is 0 Å². The van der Waals surface area contributed by atoms with Gasteiger partial charge in [-0.05, 0) is 18.8 Å². The minimum atomic E-state index is -0.871. The van der Waals surface area contributed by atoms with Crippen LogP contribution in [0.15, 0.2) is 0 Å². The van der Waals surface area contributed by atoms with E-state index < -0.39 is 17.8 Å². The Hall–Kier alpha value is -1.50. The van der Waals surface area contributed by atoms with Crippen LogP contribution in [-0.4, -0.2) is 27.2 Å². The molecule has 2 atom stereocenters. The molecule has 2 aliphatic rings. The van der Waals surface area contributed by atoms with Crippen molar-refractivity contribution >= 4 is 28.3 Å². The lowest BCUT2D eigenvalue weighted by atomic mass is 9.79. The van der Waals surface area contributed by atoms with Gasteiger partial charge in [0.1, 0.15) is 5.01 Å². The van der Waals surface area contributed by atoms with Crippen LogP contribution in [0.4, 0.5) is 5.13 Å². The van der Waals surface area contributed by atoms with Gasteiger partial charge >= 0.3 is 5.97 Å². The second kappa shape index (κ2) is 7.38. The third kappa shape index (κ3) is 4.07. The van der Waals surface area contributed by atoms with Gasteiger partial charge in [0, 0.05) is 6.42 Å². The van der Waals surface area contributed by atoms with E-state index in [4.69, 9.17) is 0 Å². The number of rotatable bonds is 5. The molecule has 0 bridgehead atoms. The molecule has 6 nitrogen and oxygen atoms in total. The zero-order valence-electron chi connectivity index (χ0n) is 13.2. The monoisotopic (exact) mass is 337 g/mol. The fourth-order valence-corrected chi connectivity index (χ4v) is 4.64. The van der Waals surface area contributed by atoms with E-state index in [0.29, 0.717) is 23.9 Å². The summed E-state index contributed by atoms with van der Waals surface area (Å²) in [4.78, 5) is 23.7. The van der Waals surface area contributed by atoms with Gasteiger partial charge in [-0.2, -0.15) is 0 Å². The maximum Gasteiger partial charge on any atom is 0.307 e. The molecule has 0 radical (unpaired) electrons. The zero-order chi connectivity index (χ0) is 16.2. The number of carboxylic acid groups (broad SMARTS) is 1. The Balaban J connectivity index is 1.58. The number of aliphatic carboxylic acids is 1. The molecule has 0 aromatic carbocycles. The van der Waals surface area contributed by atoms with Gasteiger partial charge in [-0.3, -0.25) is 9.59 Å². The van der Waals surface area contributed by atoms with Crippen LogP contribution in [0.25, 0.3) is 0 Å². The summed E-state index contributed by atoms with van der Waals surface area (Å²) in [5.41, 5.74) is 0. The second-order valence-corrected chi connectivity index (χ2v) is 7.74. The largest absolute Gasteiger partial charge is 0.481 e. The molecule has 2 saturated carbocycles. The number of nitrogens with zero attached hydrogens (tertiary/aromatic N) is 2. The Morgan fingerprint density at radius 2 is 1.70 bits per heavy atom. The normalized spacial score (nSPS) is 25.4. The molecule has 1 amide bonds.